The Morgan fingerprint density at radius 2 is 1.37 bits per heavy atom. The highest BCUT2D eigenvalue weighted by Gasteiger charge is 2.17. The second-order valence-electron chi connectivity index (χ2n) is 7.01. The molecule has 0 bridgehead atoms. The zero-order chi connectivity index (χ0) is 18.2. The van der Waals surface area contributed by atoms with Crippen molar-refractivity contribution in [2.45, 2.75) is 12.8 Å². The minimum absolute atomic E-state index is 0.0756. The number of aryl methyl sites for hydroxylation is 2. The van der Waals surface area contributed by atoms with Crippen molar-refractivity contribution in [3.63, 3.8) is 0 Å². The number of carbonyl (C=O) groups is 1. The molecule has 4 aromatic rings. The molecule has 0 atom stereocenters. The molecule has 1 aliphatic carbocycles. The molecular weight excluding hydrogens is 330 g/mol. The summed E-state index contributed by atoms with van der Waals surface area (Å²) in [5.41, 5.74) is 6.57. The minimum atomic E-state index is -0.0756. The molecule has 1 amide bonds. The number of rotatable bonds is 3. The molecule has 1 N–H and O–H groups in total. The molecule has 0 fully saturated rings. The molecule has 0 spiro atoms. The molecule has 0 saturated heterocycles. The lowest BCUT2D eigenvalue weighted by Crippen LogP contribution is -2.12. The van der Waals surface area contributed by atoms with E-state index < -0.39 is 0 Å². The summed E-state index contributed by atoms with van der Waals surface area (Å²) >= 11 is 0. The van der Waals surface area contributed by atoms with Gasteiger partial charge < -0.3 is 5.32 Å². The Balaban J connectivity index is 1.44. The summed E-state index contributed by atoms with van der Waals surface area (Å²) in [6.45, 7) is 0. The van der Waals surface area contributed by atoms with Gasteiger partial charge in [0.25, 0.3) is 5.91 Å². The lowest BCUT2D eigenvalue weighted by Gasteiger charge is -2.11. The topological polar surface area (TPSA) is 29.1 Å². The number of hydrogen-bond donors (Lipinski definition) is 1. The van der Waals surface area contributed by atoms with Gasteiger partial charge in [0.1, 0.15) is 0 Å². The molecule has 2 heteroatoms. The van der Waals surface area contributed by atoms with Crippen LogP contribution in [-0.2, 0) is 12.8 Å². The maximum atomic E-state index is 12.8. The lowest BCUT2D eigenvalue weighted by atomic mass is 10.0. The number of hydrogen-bond acceptors (Lipinski definition) is 1. The monoisotopic (exact) mass is 349 g/mol. The molecule has 27 heavy (non-hydrogen) atoms. The van der Waals surface area contributed by atoms with Gasteiger partial charge in [-0.2, -0.15) is 0 Å². The first-order valence-electron chi connectivity index (χ1n) is 9.30. The second kappa shape index (κ2) is 6.40. The molecule has 2 nitrogen and oxygen atoms in total. The average molecular weight is 349 g/mol. The van der Waals surface area contributed by atoms with Crippen molar-refractivity contribution in [3.05, 3.63) is 102 Å². The van der Waals surface area contributed by atoms with Crippen LogP contribution in [0.2, 0.25) is 0 Å². The molecule has 0 unspecified atom stereocenters. The first kappa shape index (κ1) is 15.8. The maximum Gasteiger partial charge on any atom is 0.255 e. The van der Waals surface area contributed by atoms with Crippen LogP contribution in [0.5, 0.6) is 0 Å². The van der Waals surface area contributed by atoms with E-state index >= 15 is 0 Å². The molecule has 0 aliphatic heterocycles. The van der Waals surface area contributed by atoms with E-state index in [0.717, 1.165) is 35.0 Å². The van der Waals surface area contributed by atoms with E-state index in [9.17, 15) is 4.79 Å². The van der Waals surface area contributed by atoms with Crippen molar-refractivity contribution in [1.82, 2.24) is 0 Å². The van der Waals surface area contributed by atoms with Crippen LogP contribution in [0.4, 0.5) is 5.69 Å². The molecule has 130 valence electrons. The Labute approximate surface area is 158 Å². The molecule has 4 aromatic carbocycles. The van der Waals surface area contributed by atoms with Gasteiger partial charge in [0.05, 0.1) is 0 Å². The summed E-state index contributed by atoms with van der Waals surface area (Å²) in [4.78, 5) is 12.8. The number of amides is 1. The molecular formula is C25H19NO. The summed E-state index contributed by atoms with van der Waals surface area (Å²) in [7, 11) is 0. The quantitative estimate of drug-likeness (QED) is 0.493. The fourth-order valence-electron chi connectivity index (χ4n) is 3.99. The number of nitrogens with one attached hydrogen (secondary N) is 1. The van der Waals surface area contributed by atoms with Gasteiger partial charge in [0.15, 0.2) is 0 Å². The van der Waals surface area contributed by atoms with Gasteiger partial charge in [-0.05, 0) is 58.7 Å². The Morgan fingerprint density at radius 1 is 0.667 bits per heavy atom. The average Bonchev–Trinajstić information content (AvgIpc) is 3.15. The van der Waals surface area contributed by atoms with Crippen molar-refractivity contribution in [3.8, 4) is 11.1 Å². The van der Waals surface area contributed by atoms with Crippen molar-refractivity contribution >= 4 is 22.4 Å². The van der Waals surface area contributed by atoms with Crippen molar-refractivity contribution in [2.75, 3.05) is 5.32 Å². The standard InChI is InChI=1S/C25H19NO/c27-25(21-13-9-18(10-14-21)17-5-2-1-3-6-17)26-23-16-15-20-12-11-19-7-4-8-22(23)24(19)20/h1-10,13-16H,11-12H2,(H,26,27). The zero-order valence-electron chi connectivity index (χ0n) is 14.9. The van der Waals surface area contributed by atoms with Gasteiger partial charge in [-0.3, -0.25) is 4.79 Å². The van der Waals surface area contributed by atoms with Crippen LogP contribution < -0.4 is 5.32 Å². The van der Waals surface area contributed by atoms with E-state index in [-0.39, 0.29) is 5.91 Å². The van der Waals surface area contributed by atoms with E-state index in [1.54, 1.807) is 0 Å². The fraction of sp³-hybridized carbons (Fsp3) is 0.0800. The molecule has 0 saturated carbocycles. The molecule has 1 aliphatic rings. The highest BCUT2D eigenvalue weighted by molar-refractivity contribution is 6.10. The van der Waals surface area contributed by atoms with Crippen LogP contribution in [0.1, 0.15) is 21.5 Å². The Hall–Kier alpha value is -3.39. The Kier molecular flexibility index (Phi) is 3.75. The molecule has 5 rings (SSSR count). The highest BCUT2D eigenvalue weighted by atomic mass is 16.1. The van der Waals surface area contributed by atoms with E-state index in [0.29, 0.717) is 5.56 Å². The highest BCUT2D eigenvalue weighted by Crippen LogP contribution is 2.35. The summed E-state index contributed by atoms with van der Waals surface area (Å²) in [6.07, 6.45) is 2.18. The van der Waals surface area contributed by atoms with Crippen molar-refractivity contribution in [2.24, 2.45) is 0 Å². The van der Waals surface area contributed by atoms with Gasteiger partial charge in [-0.1, -0.05) is 66.7 Å². The number of carbonyl (C=O) groups excluding carboxylic acids is 1. The van der Waals surface area contributed by atoms with E-state index in [2.05, 4.69) is 41.7 Å². The minimum Gasteiger partial charge on any atom is -0.321 e. The van der Waals surface area contributed by atoms with E-state index in [4.69, 9.17) is 0 Å². The fourth-order valence-corrected chi connectivity index (χ4v) is 3.99. The first-order chi connectivity index (χ1) is 13.3. The summed E-state index contributed by atoms with van der Waals surface area (Å²) in [5, 5.41) is 5.55. The predicted octanol–water partition coefficient (Wildman–Crippen LogP) is 5.86. The smallest absolute Gasteiger partial charge is 0.255 e. The van der Waals surface area contributed by atoms with Gasteiger partial charge in [0.2, 0.25) is 0 Å². The van der Waals surface area contributed by atoms with Crippen LogP contribution >= 0.6 is 0 Å². The SMILES string of the molecule is O=C(Nc1ccc2c3c(cccc13)CC2)c1ccc(-c2ccccc2)cc1. The second-order valence-corrected chi connectivity index (χ2v) is 7.01. The van der Waals surface area contributed by atoms with Gasteiger partial charge >= 0.3 is 0 Å². The van der Waals surface area contributed by atoms with Crippen molar-refractivity contribution < 1.29 is 4.79 Å². The third kappa shape index (κ3) is 2.80. The molecule has 0 aromatic heterocycles. The van der Waals surface area contributed by atoms with Crippen LogP contribution in [0.25, 0.3) is 21.9 Å². The zero-order valence-corrected chi connectivity index (χ0v) is 14.9. The predicted molar refractivity (Wildman–Crippen MR) is 111 cm³/mol. The van der Waals surface area contributed by atoms with Gasteiger partial charge in [-0.25, -0.2) is 0 Å². The number of benzene rings is 4. The van der Waals surface area contributed by atoms with Crippen LogP contribution in [0.15, 0.2) is 84.9 Å². The molecule has 0 radical (unpaired) electrons. The van der Waals surface area contributed by atoms with Crippen LogP contribution in [-0.4, -0.2) is 5.91 Å². The maximum absolute atomic E-state index is 12.8. The third-order valence-corrected chi connectivity index (χ3v) is 5.38. The Bertz CT molecular complexity index is 1130. The lowest BCUT2D eigenvalue weighted by molar-refractivity contribution is 0.102. The summed E-state index contributed by atoms with van der Waals surface area (Å²) in [6, 6.07) is 28.5. The van der Waals surface area contributed by atoms with Crippen molar-refractivity contribution in [1.29, 1.82) is 0 Å². The normalized spacial score (nSPS) is 12.3. The molecule has 0 heterocycles. The Morgan fingerprint density at radius 3 is 2.15 bits per heavy atom. The van der Waals surface area contributed by atoms with E-state index in [1.165, 1.54) is 16.5 Å². The summed E-state index contributed by atoms with van der Waals surface area (Å²) < 4.78 is 0. The number of anilines is 1. The third-order valence-electron chi connectivity index (χ3n) is 5.38. The van der Waals surface area contributed by atoms with Gasteiger partial charge in [0, 0.05) is 16.6 Å². The van der Waals surface area contributed by atoms with Crippen LogP contribution in [0.3, 0.4) is 0 Å². The van der Waals surface area contributed by atoms with Gasteiger partial charge in [-0.15, -0.1) is 0 Å². The van der Waals surface area contributed by atoms with Crippen LogP contribution in [0, 0.1) is 0 Å². The van der Waals surface area contributed by atoms with E-state index in [1.807, 2.05) is 48.5 Å². The largest absolute Gasteiger partial charge is 0.321 e. The summed E-state index contributed by atoms with van der Waals surface area (Å²) in [5.74, 6) is -0.0756. The first-order valence-corrected chi connectivity index (χ1v) is 9.30.